The molecular weight excluding hydrogens is 464 g/mol. The molecule has 0 saturated carbocycles. The van der Waals surface area contributed by atoms with Crippen LogP contribution in [0.5, 0.6) is 0 Å². The highest BCUT2D eigenvalue weighted by atomic mass is 32.2. The second kappa shape index (κ2) is 9.52. The lowest BCUT2D eigenvalue weighted by atomic mass is 9.88. The number of carboxylic acids is 1. The van der Waals surface area contributed by atoms with Gasteiger partial charge in [0.25, 0.3) is 5.91 Å². The fourth-order valence-electron chi connectivity index (χ4n) is 3.03. The molecule has 15 heteroatoms. The van der Waals surface area contributed by atoms with Crippen molar-refractivity contribution in [3.8, 4) is 0 Å². The van der Waals surface area contributed by atoms with Crippen LogP contribution in [-0.2, 0) is 28.8 Å². The van der Waals surface area contributed by atoms with Gasteiger partial charge < -0.3 is 30.6 Å². The van der Waals surface area contributed by atoms with Crippen LogP contribution >= 0.6 is 23.3 Å². The number of aromatic nitrogens is 2. The zero-order chi connectivity index (χ0) is 23.5. The van der Waals surface area contributed by atoms with Crippen LogP contribution in [0.15, 0.2) is 17.8 Å². The van der Waals surface area contributed by atoms with E-state index in [1.165, 1.54) is 29.7 Å². The van der Waals surface area contributed by atoms with Crippen molar-refractivity contribution in [2.45, 2.75) is 18.3 Å². The maximum absolute atomic E-state index is 12.8. The van der Waals surface area contributed by atoms with Crippen molar-refractivity contribution in [1.29, 1.82) is 0 Å². The standard InChI is InChI=1S/C17H20N6O7S2/c1-3-4-30-21-9(11-20-16(18)32-22-11)12(25)19-10-13(26)23-5-17(15(27)28,6-29-8(2)24)7-31-14(10)23/h3,10,14H,1,4-7H2,2H3,(H,19,25)(H,27,28)(H2,18,20,22)/t10?,14-,17?/m1/s1. The van der Waals surface area contributed by atoms with E-state index in [-0.39, 0.29) is 42.2 Å². The zero-order valence-corrected chi connectivity index (χ0v) is 18.5. The number of hydrogen-bond donors (Lipinski definition) is 3. The topological polar surface area (TPSA) is 186 Å². The highest BCUT2D eigenvalue weighted by Crippen LogP contribution is 2.42. The average molecular weight is 485 g/mol. The molecule has 2 aliphatic heterocycles. The number of amides is 2. The number of oxime groups is 1. The summed E-state index contributed by atoms with van der Waals surface area (Å²) in [5, 5.41) is 15.6. The van der Waals surface area contributed by atoms with Crippen LogP contribution < -0.4 is 11.1 Å². The van der Waals surface area contributed by atoms with Gasteiger partial charge in [0.15, 0.2) is 5.13 Å². The Morgan fingerprint density at radius 2 is 2.25 bits per heavy atom. The number of carbonyl (C=O) groups is 4. The molecule has 3 heterocycles. The van der Waals surface area contributed by atoms with Gasteiger partial charge in [-0.1, -0.05) is 17.8 Å². The molecule has 32 heavy (non-hydrogen) atoms. The van der Waals surface area contributed by atoms with Crippen LogP contribution in [0, 0.1) is 5.41 Å². The van der Waals surface area contributed by atoms with E-state index in [1.54, 1.807) is 0 Å². The quantitative estimate of drug-likeness (QED) is 0.0980. The number of ether oxygens (including phenoxy) is 1. The summed E-state index contributed by atoms with van der Waals surface area (Å²) < 4.78 is 8.85. The molecule has 3 rings (SSSR count). The first kappa shape index (κ1) is 23.5. The summed E-state index contributed by atoms with van der Waals surface area (Å²) in [6.45, 7) is 4.19. The molecule has 0 bridgehead atoms. The first-order valence-electron chi connectivity index (χ1n) is 9.18. The van der Waals surface area contributed by atoms with E-state index in [0.29, 0.717) is 0 Å². The summed E-state index contributed by atoms with van der Waals surface area (Å²) in [7, 11) is 0. The second-order valence-corrected chi connectivity index (χ2v) is 8.85. The Morgan fingerprint density at radius 3 is 2.84 bits per heavy atom. The number of esters is 1. The molecule has 1 aromatic rings. The van der Waals surface area contributed by atoms with Gasteiger partial charge in [-0.15, -0.1) is 11.8 Å². The van der Waals surface area contributed by atoms with E-state index in [2.05, 4.69) is 26.4 Å². The molecule has 13 nitrogen and oxygen atoms in total. The normalized spacial score (nSPS) is 24.7. The number of hydrogen-bond acceptors (Lipinski definition) is 12. The highest BCUT2D eigenvalue weighted by Gasteiger charge is 2.58. The van der Waals surface area contributed by atoms with Crippen LogP contribution in [0.1, 0.15) is 12.7 Å². The largest absolute Gasteiger partial charge is 0.481 e. The van der Waals surface area contributed by atoms with Crippen molar-refractivity contribution in [1.82, 2.24) is 19.6 Å². The molecule has 0 aromatic carbocycles. The third kappa shape index (κ3) is 4.67. The van der Waals surface area contributed by atoms with Gasteiger partial charge in [0.1, 0.15) is 30.0 Å². The van der Waals surface area contributed by atoms with Gasteiger partial charge in [0.2, 0.25) is 17.4 Å². The smallest absolute Gasteiger partial charge is 0.315 e. The fraction of sp³-hybridized carbons (Fsp3) is 0.471. The Labute approximate surface area is 190 Å². The number of anilines is 1. The van der Waals surface area contributed by atoms with E-state index in [4.69, 9.17) is 15.3 Å². The lowest BCUT2D eigenvalue weighted by Gasteiger charge is -2.53. The van der Waals surface area contributed by atoms with Crippen LogP contribution in [0.2, 0.25) is 0 Å². The SMILES string of the molecule is C=CCON=C(C(=O)NC1C(=O)N2CC(COC(C)=O)(C(=O)O)CS[C@H]12)c1nsc(N)n1. The number of thioether (sulfide) groups is 1. The van der Waals surface area contributed by atoms with Crippen molar-refractivity contribution in [2.24, 2.45) is 10.6 Å². The molecular formula is C17H20N6O7S2. The Morgan fingerprint density at radius 1 is 1.50 bits per heavy atom. The lowest BCUT2D eigenvalue weighted by molar-refractivity contribution is -0.164. The molecule has 0 spiro atoms. The van der Waals surface area contributed by atoms with E-state index in [0.717, 1.165) is 11.5 Å². The summed E-state index contributed by atoms with van der Waals surface area (Å²) in [6, 6.07) is -0.909. The summed E-state index contributed by atoms with van der Waals surface area (Å²) in [5.41, 5.74) is 3.88. The summed E-state index contributed by atoms with van der Waals surface area (Å²) >= 11 is 2.04. The minimum Gasteiger partial charge on any atom is -0.481 e. The van der Waals surface area contributed by atoms with Crippen molar-refractivity contribution in [3.63, 3.8) is 0 Å². The highest BCUT2D eigenvalue weighted by molar-refractivity contribution is 8.00. The van der Waals surface area contributed by atoms with Crippen molar-refractivity contribution >= 4 is 57.9 Å². The van der Waals surface area contributed by atoms with Gasteiger partial charge in [-0.2, -0.15) is 9.36 Å². The fourth-order valence-corrected chi connectivity index (χ4v) is 4.98. The monoisotopic (exact) mass is 484 g/mol. The number of carboxylic acid groups (broad SMARTS) is 1. The molecule has 4 N–H and O–H groups in total. The lowest BCUT2D eigenvalue weighted by Crippen LogP contribution is -2.74. The van der Waals surface area contributed by atoms with Crippen LogP contribution in [-0.4, -0.2) is 85.8 Å². The minimum atomic E-state index is -1.43. The number of β-lactam (4-membered cyclic amide) rings is 1. The van der Waals surface area contributed by atoms with E-state index < -0.39 is 40.6 Å². The molecule has 2 amide bonds. The molecule has 2 aliphatic rings. The van der Waals surface area contributed by atoms with Crippen molar-refractivity contribution in [3.05, 3.63) is 18.5 Å². The zero-order valence-electron chi connectivity index (χ0n) is 16.8. The molecule has 0 radical (unpaired) electrons. The first-order chi connectivity index (χ1) is 15.2. The van der Waals surface area contributed by atoms with Gasteiger partial charge in [-0.25, -0.2) is 0 Å². The van der Waals surface area contributed by atoms with E-state index >= 15 is 0 Å². The molecule has 172 valence electrons. The van der Waals surface area contributed by atoms with Gasteiger partial charge in [0.05, 0.1) is 0 Å². The number of rotatable bonds is 9. The minimum absolute atomic E-state index is 0.0324. The maximum Gasteiger partial charge on any atom is 0.315 e. The predicted octanol–water partition coefficient (Wildman–Crippen LogP) is -0.939. The van der Waals surface area contributed by atoms with Crippen molar-refractivity contribution < 1.29 is 33.9 Å². The Balaban J connectivity index is 1.70. The summed E-state index contributed by atoms with van der Waals surface area (Å²) in [6.07, 6.45) is 1.43. The summed E-state index contributed by atoms with van der Waals surface area (Å²) in [4.78, 5) is 58.7. The Hall–Kier alpha value is -3.20. The van der Waals surface area contributed by atoms with Gasteiger partial charge in [-0.3, -0.25) is 19.2 Å². The van der Waals surface area contributed by atoms with E-state index in [1.807, 2.05) is 0 Å². The first-order valence-corrected chi connectivity index (χ1v) is 11.0. The molecule has 0 aliphatic carbocycles. The van der Waals surface area contributed by atoms with E-state index in [9.17, 15) is 24.3 Å². The number of nitrogens with two attached hydrogens (primary N) is 1. The number of aliphatic carboxylic acids is 1. The molecule has 1 aromatic heterocycles. The number of fused-ring (bicyclic) bond motifs is 1. The molecule has 3 atom stereocenters. The number of carbonyl (C=O) groups excluding carboxylic acids is 3. The average Bonchev–Trinajstić information content (AvgIpc) is 3.18. The van der Waals surface area contributed by atoms with Crippen LogP contribution in [0.3, 0.4) is 0 Å². The third-order valence-electron chi connectivity index (χ3n) is 4.65. The Bertz CT molecular complexity index is 982. The van der Waals surface area contributed by atoms with Gasteiger partial charge in [-0.05, 0) is 0 Å². The number of nitrogens with one attached hydrogen (secondary N) is 1. The predicted molar refractivity (Wildman–Crippen MR) is 114 cm³/mol. The molecule has 2 unspecified atom stereocenters. The molecule has 2 fully saturated rings. The van der Waals surface area contributed by atoms with Gasteiger partial charge in [0, 0.05) is 30.8 Å². The van der Waals surface area contributed by atoms with Crippen LogP contribution in [0.4, 0.5) is 5.13 Å². The summed E-state index contributed by atoms with van der Waals surface area (Å²) in [5.74, 6) is -2.98. The molecule has 2 saturated heterocycles. The maximum atomic E-state index is 12.8. The van der Waals surface area contributed by atoms with Crippen LogP contribution in [0.25, 0.3) is 0 Å². The number of nitrogen functional groups attached to an aromatic ring is 1. The Kier molecular flexibility index (Phi) is 6.98. The second-order valence-electron chi connectivity index (χ2n) is 6.97. The third-order valence-corrected chi connectivity index (χ3v) is 6.78. The number of nitrogens with zero attached hydrogens (tertiary/aromatic N) is 4. The van der Waals surface area contributed by atoms with Gasteiger partial charge >= 0.3 is 11.9 Å². The van der Waals surface area contributed by atoms with Crippen molar-refractivity contribution in [2.75, 3.05) is 31.2 Å².